The van der Waals surface area contributed by atoms with Crippen molar-refractivity contribution in [3.8, 4) is 5.75 Å². The summed E-state index contributed by atoms with van der Waals surface area (Å²) in [6.07, 6.45) is 1.07. The van der Waals surface area contributed by atoms with Crippen LogP contribution < -0.4 is 13.8 Å². The fourth-order valence-corrected chi connectivity index (χ4v) is 4.27. The molecule has 2 aromatic carbocycles. The number of sulfonamides is 2. The number of hydrogen-bond donors (Lipinski definition) is 1. The van der Waals surface area contributed by atoms with Gasteiger partial charge in [-0.25, -0.2) is 21.6 Å². The molecule has 0 fully saturated rings. The minimum Gasteiger partial charge on any atom is -0.497 e. The van der Waals surface area contributed by atoms with E-state index in [-0.39, 0.29) is 18.0 Å². The Morgan fingerprint density at radius 2 is 1.69 bits per heavy atom. The van der Waals surface area contributed by atoms with Gasteiger partial charge in [-0.2, -0.15) is 0 Å². The number of methoxy groups -OCH3 is 1. The number of rotatable bonds is 8. The fraction of sp³-hybridized carbons (Fsp3) is 0.294. The molecule has 2 aromatic rings. The first-order valence-electron chi connectivity index (χ1n) is 7.81. The number of hydrogen-bond acceptors (Lipinski definition) is 5. The minimum atomic E-state index is -3.71. The summed E-state index contributed by atoms with van der Waals surface area (Å²) in [6.45, 7) is 1.75. The van der Waals surface area contributed by atoms with Crippen LogP contribution in [0.15, 0.2) is 53.4 Å². The van der Waals surface area contributed by atoms with Gasteiger partial charge in [-0.3, -0.25) is 4.31 Å². The maximum Gasteiger partial charge on any atom is 0.240 e. The first kappa shape index (κ1) is 20.2. The van der Waals surface area contributed by atoms with Gasteiger partial charge in [-0.15, -0.1) is 0 Å². The summed E-state index contributed by atoms with van der Waals surface area (Å²) in [5.74, 6) is 0.511. The third kappa shape index (κ3) is 5.20. The van der Waals surface area contributed by atoms with Crippen LogP contribution in [-0.2, 0) is 20.0 Å². The van der Waals surface area contributed by atoms with E-state index in [1.54, 1.807) is 36.4 Å². The normalized spacial score (nSPS) is 12.0. The summed E-state index contributed by atoms with van der Waals surface area (Å²) in [7, 11) is -5.81. The van der Waals surface area contributed by atoms with Crippen molar-refractivity contribution >= 4 is 25.7 Å². The molecule has 0 amide bonds. The highest BCUT2D eigenvalue weighted by Gasteiger charge is 2.20. The van der Waals surface area contributed by atoms with Crippen LogP contribution in [0.5, 0.6) is 5.75 Å². The quantitative estimate of drug-likeness (QED) is 0.731. The van der Waals surface area contributed by atoms with Gasteiger partial charge in [-0.1, -0.05) is 23.8 Å². The Bertz CT molecular complexity index is 955. The molecule has 142 valence electrons. The van der Waals surface area contributed by atoms with Gasteiger partial charge < -0.3 is 4.74 Å². The Hall–Kier alpha value is -2.10. The van der Waals surface area contributed by atoms with E-state index >= 15 is 0 Å². The highest BCUT2D eigenvalue weighted by Crippen LogP contribution is 2.22. The van der Waals surface area contributed by atoms with E-state index in [1.807, 2.05) is 6.92 Å². The van der Waals surface area contributed by atoms with Crippen LogP contribution >= 0.6 is 0 Å². The average molecular weight is 399 g/mol. The molecule has 0 aliphatic carbocycles. The van der Waals surface area contributed by atoms with E-state index in [0.717, 1.165) is 16.1 Å². The smallest absolute Gasteiger partial charge is 0.240 e. The lowest BCUT2D eigenvalue weighted by Gasteiger charge is -2.23. The van der Waals surface area contributed by atoms with Gasteiger partial charge in [0, 0.05) is 19.2 Å². The largest absolute Gasteiger partial charge is 0.497 e. The maximum atomic E-state index is 12.3. The number of aryl methyl sites for hydroxylation is 1. The summed E-state index contributed by atoms with van der Waals surface area (Å²) >= 11 is 0. The predicted molar refractivity (Wildman–Crippen MR) is 102 cm³/mol. The zero-order valence-electron chi connectivity index (χ0n) is 14.8. The number of ether oxygens (including phenoxy) is 1. The van der Waals surface area contributed by atoms with Crippen LogP contribution in [0.25, 0.3) is 0 Å². The van der Waals surface area contributed by atoms with E-state index in [2.05, 4.69) is 4.72 Å². The molecule has 0 saturated carbocycles. The summed E-state index contributed by atoms with van der Waals surface area (Å²) in [5, 5.41) is 0. The molecule has 0 aliphatic heterocycles. The Morgan fingerprint density at radius 3 is 2.27 bits per heavy atom. The molecule has 0 radical (unpaired) electrons. The highest BCUT2D eigenvalue weighted by molar-refractivity contribution is 7.92. The van der Waals surface area contributed by atoms with Crippen molar-refractivity contribution in [1.82, 2.24) is 4.72 Å². The maximum absolute atomic E-state index is 12.3. The minimum absolute atomic E-state index is 0.0446. The topological polar surface area (TPSA) is 92.8 Å². The van der Waals surface area contributed by atoms with Crippen LogP contribution in [0.2, 0.25) is 0 Å². The van der Waals surface area contributed by atoms with Gasteiger partial charge in [0.05, 0.1) is 23.9 Å². The lowest BCUT2D eigenvalue weighted by atomic mass is 10.2. The Labute approximate surface area is 154 Å². The molecule has 0 aromatic heterocycles. The third-order valence-electron chi connectivity index (χ3n) is 3.68. The van der Waals surface area contributed by atoms with Crippen LogP contribution in [-0.4, -0.2) is 43.3 Å². The Balaban J connectivity index is 2.14. The van der Waals surface area contributed by atoms with Crippen LogP contribution in [0.4, 0.5) is 5.69 Å². The molecule has 0 unspecified atom stereocenters. The van der Waals surface area contributed by atoms with Gasteiger partial charge in [-0.05, 0) is 31.2 Å². The molecule has 26 heavy (non-hydrogen) atoms. The van der Waals surface area contributed by atoms with Gasteiger partial charge in [0.15, 0.2) is 0 Å². The summed E-state index contributed by atoms with van der Waals surface area (Å²) in [6, 6.07) is 13.0. The molecule has 0 bridgehead atoms. The molecule has 7 nitrogen and oxygen atoms in total. The summed E-state index contributed by atoms with van der Waals surface area (Å²) < 4.78 is 57.5. The first-order valence-corrected chi connectivity index (χ1v) is 11.1. The van der Waals surface area contributed by atoms with Crippen LogP contribution in [0.3, 0.4) is 0 Å². The second kappa shape index (κ2) is 8.07. The zero-order chi connectivity index (χ0) is 19.4. The molecule has 0 atom stereocenters. The zero-order valence-corrected chi connectivity index (χ0v) is 16.5. The number of nitrogens with one attached hydrogen (secondary N) is 1. The van der Waals surface area contributed by atoms with Gasteiger partial charge in [0.2, 0.25) is 20.0 Å². The monoisotopic (exact) mass is 398 g/mol. The first-order chi connectivity index (χ1) is 12.1. The predicted octanol–water partition coefficient (Wildman–Crippen LogP) is 1.75. The van der Waals surface area contributed by atoms with Gasteiger partial charge >= 0.3 is 0 Å². The standard InChI is InChI=1S/C17H22N2O5S2/c1-14-7-9-17(10-8-14)26(22,23)18-11-12-19(25(3,20)21)15-5-4-6-16(13-15)24-2/h4-10,13,18H,11-12H2,1-3H3. The molecule has 9 heteroatoms. The van der Waals surface area contributed by atoms with Crippen molar-refractivity contribution in [3.63, 3.8) is 0 Å². The summed E-state index contributed by atoms with van der Waals surface area (Å²) in [5.41, 5.74) is 1.35. The van der Waals surface area contributed by atoms with E-state index in [0.29, 0.717) is 11.4 Å². The van der Waals surface area contributed by atoms with Crippen LogP contribution in [0.1, 0.15) is 5.56 Å². The Morgan fingerprint density at radius 1 is 1.04 bits per heavy atom. The molecular formula is C17H22N2O5S2. The molecule has 0 aliphatic rings. The van der Waals surface area contributed by atoms with Crippen molar-refractivity contribution in [2.24, 2.45) is 0 Å². The fourth-order valence-electron chi connectivity index (χ4n) is 2.33. The summed E-state index contributed by atoms with van der Waals surface area (Å²) in [4.78, 5) is 0.135. The molecule has 0 saturated heterocycles. The molecular weight excluding hydrogens is 376 g/mol. The van der Waals surface area contributed by atoms with Crippen molar-refractivity contribution in [1.29, 1.82) is 0 Å². The van der Waals surface area contributed by atoms with E-state index in [1.165, 1.54) is 19.2 Å². The van der Waals surface area contributed by atoms with Crippen molar-refractivity contribution in [2.45, 2.75) is 11.8 Å². The van der Waals surface area contributed by atoms with Crippen molar-refractivity contribution < 1.29 is 21.6 Å². The third-order valence-corrected chi connectivity index (χ3v) is 6.35. The number of anilines is 1. The number of benzene rings is 2. The lowest BCUT2D eigenvalue weighted by Crippen LogP contribution is -2.38. The molecule has 0 spiro atoms. The van der Waals surface area contributed by atoms with Crippen molar-refractivity contribution in [2.75, 3.05) is 30.8 Å². The van der Waals surface area contributed by atoms with Gasteiger partial charge in [0.1, 0.15) is 5.75 Å². The van der Waals surface area contributed by atoms with E-state index < -0.39 is 20.0 Å². The number of nitrogens with zero attached hydrogens (tertiary/aromatic N) is 1. The molecule has 2 rings (SSSR count). The lowest BCUT2D eigenvalue weighted by molar-refractivity contribution is 0.415. The van der Waals surface area contributed by atoms with E-state index in [9.17, 15) is 16.8 Å². The van der Waals surface area contributed by atoms with Crippen LogP contribution in [0, 0.1) is 6.92 Å². The second-order valence-corrected chi connectivity index (χ2v) is 9.42. The van der Waals surface area contributed by atoms with E-state index in [4.69, 9.17) is 4.74 Å². The van der Waals surface area contributed by atoms with Crippen molar-refractivity contribution in [3.05, 3.63) is 54.1 Å². The average Bonchev–Trinajstić information content (AvgIpc) is 2.58. The molecule has 1 N–H and O–H groups in total. The Kier molecular flexibility index (Phi) is 6.27. The SMILES string of the molecule is COc1cccc(N(CCNS(=O)(=O)c2ccc(C)cc2)S(C)(=O)=O)c1. The van der Waals surface area contributed by atoms with Gasteiger partial charge in [0.25, 0.3) is 0 Å². The highest BCUT2D eigenvalue weighted by atomic mass is 32.2. The molecule has 0 heterocycles. The second-order valence-electron chi connectivity index (χ2n) is 5.75.